The Morgan fingerprint density at radius 2 is 2.10 bits per heavy atom. The molecule has 2 amide bonds. The van der Waals surface area contributed by atoms with Gasteiger partial charge < -0.3 is 9.80 Å². The molecule has 1 atom stereocenters. The fourth-order valence-corrected chi connectivity index (χ4v) is 4.43. The van der Waals surface area contributed by atoms with Gasteiger partial charge in [-0.15, -0.1) is 0 Å². The average Bonchev–Trinajstić information content (AvgIpc) is 3.34. The molecule has 2 aliphatic rings. The lowest BCUT2D eigenvalue weighted by atomic mass is 9.94. The van der Waals surface area contributed by atoms with Crippen LogP contribution in [0.5, 0.6) is 0 Å². The second kappa shape index (κ2) is 8.39. The molecule has 2 aromatic rings. The maximum Gasteiger partial charge on any atom is 0.272 e. The average molecular weight is 399 g/mol. The molecule has 0 saturated carbocycles. The summed E-state index contributed by atoms with van der Waals surface area (Å²) in [5.41, 5.74) is 2.29. The number of H-pyrrole nitrogens is 1. The number of aromatic amines is 1. The van der Waals surface area contributed by atoms with E-state index in [-0.39, 0.29) is 23.3 Å². The number of likely N-dealkylation sites (tertiary alicyclic amines) is 2. The van der Waals surface area contributed by atoms with Crippen LogP contribution in [-0.4, -0.2) is 62.4 Å². The molecule has 0 aromatic carbocycles. The van der Waals surface area contributed by atoms with E-state index in [0.717, 1.165) is 56.6 Å². The number of carbonyl (C=O) groups excluding carboxylic acids is 2. The molecule has 0 unspecified atom stereocenters. The maximum atomic E-state index is 12.7. The number of carbonyl (C=O) groups is 2. The van der Waals surface area contributed by atoms with Crippen molar-refractivity contribution < 1.29 is 9.59 Å². The summed E-state index contributed by atoms with van der Waals surface area (Å²) < 4.78 is 1.49. The fraction of sp³-hybridized carbons (Fsp3) is 0.619. The molecular formula is C21H29N5O3. The van der Waals surface area contributed by atoms with Crippen LogP contribution in [0.1, 0.15) is 62.8 Å². The van der Waals surface area contributed by atoms with Gasteiger partial charge in [0, 0.05) is 68.5 Å². The molecule has 0 bridgehead atoms. The van der Waals surface area contributed by atoms with Crippen LogP contribution < -0.4 is 5.56 Å². The molecule has 2 saturated heterocycles. The van der Waals surface area contributed by atoms with E-state index in [2.05, 4.69) is 10.1 Å². The molecule has 156 valence electrons. The van der Waals surface area contributed by atoms with Gasteiger partial charge in [-0.05, 0) is 32.1 Å². The zero-order chi connectivity index (χ0) is 20.4. The molecule has 2 fully saturated rings. The molecule has 2 aliphatic heterocycles. The summed E-state index contributed by atoms with van der Waals surface area (Å²) in [5.74, 6) is 0.546. The van der Waals surface area contributed by atoms with Crippen LogP contribution >= 0.6 is 0 Å². The first-order valence-electron chi connectivity index (χ1n) is 10.7. The topological polar surface area (TPSA) is 90.8 Å². The highest BCUT2D eigenvalue weighted by atomic mass is 16.2. The first kappa shape index (κ1) is 19.7. The quantitative estimate of drug-likeness (QED) is 0.800. The highest BCUT2D eigenvalue weighted by molar-refractivity contribution is 5.78. The number of hydrogen-bond donors (Lipinski definition) is 1. The van der Waals surface area contributed by atoms with Gasteiger partial charge in [-0.25, -0.2) is 9.50 Å². The van der Waals surface area contributed by atoms with Crippen LogP contribution in [-0.2, 0) is 16.0 Å². The molecule has 0 spiro atoms. The van der Waals surface area contributed by atoms with Crippen LogP contribution in [0.2, 0.25) is 0 Å². The lowest BCUT2D eigenvalue weighted by molar-refractivity contribution is -0.133. The minimum Gasteiger partial charge on any atom is -0.343 e. The van der Waals surface area contributed by atoms with Gasteiger partial charge in [-0.3, -0.25) is 19.5 Å². The summed E-state index contributed by atoms with van der Waals surface area (Å²) in [7, 11) is 0. The van der Waals surface area contributed by atoms with Gasteiger partial charge in [0.2, 0.25) is 11.8 Å². The Labute approximate surface area is 169 Å². The SMILES string of the molecule is CCc1cc(=O)n2[nH]c([C@H]3CCCN(C(=O)CCCN4CCCC4=O)C3)cc2n1. The van der Waals surface area contributed by atoms with E-state index >= 15 is 0 Å². The van der Waals surface area contributed by atoms with E-state index in [1.54, 1.807) is 6.07 Å². The smallest absolute Gasteiger partial charge is 0.272 e. The second-order valence-electron chi connectivity index (χ2n) is 8.11. The largest absolute Gasteiger partial charge is 0.343 e. The Kier molecular flexibility index (Phi) is 5.69. The van der Waals surface area contributed by atoms with Gasteiger partial charge in [0.15, 0.2) is 5.65 Å². The number of fused-ring (bicyclic) bond motifs is 1. The van der Waals surface area contributed by atoms with E-state index in [1.165, 1.54) is 4.52 Å². The number of amides is 2. The summed E-state index contributed by atoms with van der Waals surface area (Å²) in [4.78, 5) is 45.0. The van der Waals surface area contributed by atoms with Crippen LogP contribution in [0.25, 0.3) is 5.65 Å². The highest BCUT2D eigenvalue weighted by Gasteiger charge is 2.26. The molecule has 4 rings (SSSR count). The number of nitrogens with one attached hydrogen (secondary N) is 1. The monoisotopic (exact) mass is 399 g/mol. The number of piperidine rings is 1. The number of aryl methyl sites for hydroxylation is 1. The fourth-order valence-electron chi connectivity index (χ4n) is 4.43. The van der Waals surface area contributed by atoms with Gasteiger partial charge in [0.1, 0.15) is 0 Å². The van der Waals surface area contributed by atoms with Gasteiger partial charge >= 0.3 is 0 Å². The molecule has 4 heterocycles. The highest BCUT2D eigenvalue weighted by Crippen LogP contribution is 2.27. The number of rotatable bonds is 6. The molecule has 29 heavy (non-hydrogen) atoms. The zero-order valence-corrected chi connectivity index (χ0v) is 17.0. The van der Waals surface area contributed by atoms with Gasteiger partial charge in [0.25, 0.3) is 5.56 Å². The minimum atomic E-state index is -0.0988. The van der Waals surface area contributed by atoms with Crippen molar-refractivity contribution >= 4 is 17.5 Å². The van der Waals surface area contributed by atoms with Crippen molar-refractivity contribution in [2.75, 3.05) is 26.2 Å². The van der Waals surface area contributed by atoms with E-state index in [0.29, 0.717) is 31.6 Å². The van der Waals surface area contributed by atoms with Crippen LogP contribution in [0.4, 0.5) is 0 Å². The van der Waals surface area contributed by atoms with Crippen molar-refractivity contribution in [2.45, 2.75) is 57.8 Å². The predicted octanol–water partition coefficient (Wildman–Crippen LogP) is 1.69. The lowest BCUT2D eigenvalue weighted by Crippen LogP contribution is -2.39. The van der Waals surface area contributed by atoms with Crippen LogP contribution in [0, 0.1) is 0 Å². The third-order valence-corrected chi connectivity index (χ3v) is 6.09. The summed E-state index contributed by atoms with van der Waals surface area (Å²) >= 11 is 0. The Morgan fingerprint density at radius 3 is 2.86 bits per heavy atom. The number of aromatic nitrogens is 3. The Morgan fingerprint density at radius 1 is 1.24 bits per heavy atom. The van der Waals surface area contributed by atoms with E-state index in [4.69, 9.17) is 0 Å². The van der Waals surface area contributed by atoms with Crippen molar-refractivity contribution in [1.29, 1.82) is 0 Å². The van der Waals surface area contributed by atoms with Crippen molar-refractivity contribution in [3.8, 4) is 0 Å². The standard InChI is InChI=1S/C21H29N5O3/c1-2-16-12-21(29)26-18(22-16)13-17(23-26)15-6-3-11-25(14-15)20(28)8-5-10-24-9-4-7-19(24)27/h12-13,15,23H,2-11,14H2,1H3/t15-/m0/s1. The summed E-state index contributed by atoms with van der Waals surface area (Å²) in [6.45, 7) is 4.92. The zero-order valence-electron chi connectivity index (χ0n) is 17.0. The number of hydrogen-bond acceptors (Lipinski definition) is 4. The molecule has 0 aliphatic carbocycles. The first-order valence-corrected chi connectivity index (χ1v) is 10.7. The maximum absolute atomic E-state index is 12.7. The lowest BCUT2D eigenvalue weighted by Gasteiger charge is -2.32. The Bertz CT molecular complexity index is 963. The van der Waals surface area contributed by atoms with Crippen molar-refractivity contribution in [2.24, 2.45) is 0 Å². The molecule has 2 aromatic heterocycles. The van der Waals surface area contributed by atoms with Crippen molar-refractivity contribution in [3.63, 3.8) is 0 Å². The molecule has 1 N–H and O–H groups in total. The van der Waals surface area contributed by atoms with Gasteiger partial charge in [-0.2, -0.15) is 0 Å². The molecule has 0 radical (unpaired) electrons. The summed E-state index contributed by atoms with van der Waals surface area (Å²) in [6.07, 6.45) is 5.42. The van der Waals surface area contributed by atoms with E-state index < -0.39 is 0 Å². The molecular weight excluding hydrogens is 370 g/mol. The van der Waals surface area contributed by atoms with Crippen LogP contribution in [0.15, 0.2) is 16.9 Å². The Hall–Kier alpha value is -2.64. The normalized spacial score (nSPS) is 20.0. The van der Waals surface area contributed by atoms with E-state index in [1.807, 2.05) is 22.8 Å². The Balaban J connectivity index is 1.38. The molecule has 8 heteroatoms. The summed E-state index contributed by atoms with van der Waals surface area (Å²) in [5, 5.41) is 3.19. The second-order valence-corrected chi connectivity index (χ2v) is 8.11. The predicted molar refractivity (Wildman–Crippen MR) is 109 cm³/mol. The number of nitrogens with zero attached hydrogens (tertiary/aromatic N) is 4. The van der Waals surface area contributed by atoms with Crippen molar-refractivity contribution in [1.82, 2.24) is 24.4 Å². The first-order chi connectivity index (χ1) is 14.0. The summed E-state index contributed by atoms with van der Waals surface area (Å²) in [6, 6.07) is 3.51. The third kappa shape index (κ3) is 4.21. The minimum absolute atomic E-state index is 0.0988. The van der Waals surface area contributed by atoms with Gasteiger partial charge in [-0.1, -0.05) is 6.92 Å². The third-order valence-electron chi connectivity index (χ3n) is 6.09. The van der Waals surface area contributed by atoms with E-state index in [9.17, 15) is 14.4 Å². The molecule has 8 nitrogen and oxygen atoms in total. The van der Waals surface area contributed by atoms with Crippen molar-refractivity contribution in [3.05, 3.63) is 33.9 Å². The van der Waals surface area contributed by atoms with Gasteiger partial charge in [0.05, 0.1) is 0 Å². The van der Waals surface area contributed by atoms with Crippen LogP contribution in [0.3, 0.4) is 0 Å².